The normalized spacial score (nSPS) is 19.4. The molecule has 1 unspecified atom stereocenters. The third kappa shape index (κ3) is 4.10. The van der Waals surface area contributed by atoms with Gasteiger partial charge >= 0.3 is 0 Å². The van der Waals surface area contributed by atoms with Crippen LogP contribution < -0.4 is 15.4 Å². The number of nitrogens with zero attached hydrogens (tertiary/aromatic N) is 1. The van der Waals surface area contributed by atoms with Crippen LogP contribution in [-0.2, 0) is 16.4 Å². The number of halogens is 1. The molecule has 1 aromatic carbocycles. The fraction of sp³-hybridized carbons (Fsp3) is 0.588. The van der Waals surface area contributed by atoms with Gasteiger partial charge in [0, 0.05) is 18.7 Å². The molecule has 1 heterocycles. The van der Waals surface area contributed by atoms with Gasteiger partial charge in [-0.1, -0.05) is 0 Å². The molecule has 1 aliphatic carbocycles. The molecule has 0 saturated heterocycles. The first-order chi connectivity index (χ1) is 11.2. The summed E-state index contributed by atoms with van der Waals surface area (Å²) in [7, 11) is -3.29. The molecule has 6 nitrogen and oxygen atoms in total. The van der Waals surface area contributed by atoms with Gasteiger partial charge in [-0.25, -0.2) is 8.42 Å². The highest BCUT2D eigenvalue weighted by atomic mass is 35.5. The van der Waals surface area contributed by atoms with Gasteiger partial charge in [0.25, 0.3) is 5.91 Å². The average molecular weight is 388 g/mol. The van der Waals surface area contributed by atoms with Crippen LogP contribution in [0.4, 0.5) is 5.69 Å². The summed E-state index contributed by atoms with van der Waals surface area (Å²) in [6.45, 7) is 2.90. The number of hydrogen-bond acceptors (Lipinski definition) is 4. The molecule has 3 N–H and O–H groups in total. The van der Waals surface area contributed by atoms with Crippen molar-refractivity contribution in [3.63, 3.8) is 0 Å². The van der Waals surface area contributed by atoms with Crippen LogP contribution in [0.5, 0.6) is 0 Å². The predicted molar refractivity (Wildman–Crippen MR) is 102 cm³/mol. The number of nitrogens with two attached hydrogens (primary N) is 1. The van der Waals surface area contributed by atoms with E-state index in [9.17, 15) is 13.2 Å². The Morgan fingerprint density at radius 2 is 2.08 bits per heavy atom. The molecule has 140 valence electrons. The summed E-state index contributed by atoms with van der Waals surface area (Å²) >= 11 is 0. The number of nitrogens with one attached hydrogen (secondary N) is 1. The van der Waals surface area contributed by atoms with Crippen LogP contribution in [0, 0.1) is 5.92 Å². The summed E-state index contributed by atoms with van der Waals surface area (Å²) in [5.74, 6) is 0.305. The fourth-order valence-corrected chi connectivity index (χ4v) is 4.42. The molecule has 3 rings (SSSR count). The van der Waals surface area contributed by atoms with E-state index in [0.29, 0.717) is 30.3 Å². The van der Waals surface area contributed by atoms with Gasteiger partial charge in [-0.3, -0.25) is 9.10 Å². The zero-order chi connectivity index (χ0) is 17.5. The molecule has 1 aliphatic heterocycles. The van der Waals surface area contributed by atoms with Crippen LogP contribution in [0.2, 0.25) is 0 Å². The third-order valence-electron chi connectivity index (χ3n) is 5.12. The van der Waals surface area contributed by atoms with E-state index in [-0.39, 0.29) is 23.9 Å². The second-order valence-electron chi connectivity index (χ2n) is 7.13. The Labute approximate surface area is 155 Å². The maximum atomic E-state index is 12.6. The van der Waals surface area contributed by atoms with Gasteiger partial charge in [0.2, 0.25) is 10.0 Å². The summed E-state index contributed by atoms with van der Waals surface area (Å²) in [4.78, 5) is 12.6. The van der Waals surface area contributed by atoms with Crippen molar-refractivity contribution < 1.29 is 13.2 Å². The summed E-state index contributed by atoms with van der Waals surface area (Å²) < 4.78 is 25.2. The van der Waals surface area contributed by atoms with Gasteiger partial charge in [0.05, 0.1) is 17.5 Å². The lowest BCUT2D eigenvalue weighted by Crippen LogP contribution is -2.53. The van der Waals surface area contributed by atoms with Crippen molar-refractivity contribution in [3.05, 3.63) is 29.3 Å². The monoisotopic (exact) mass is 387 g/mol. The molecule has 1 atom stereocenters. The maximum absolute atomic E-state index is 12.6. The fourth-order valence-electron chi connectivity index (χ4n) is 3.42. The first-order valence-electron chi connectivity index (χ1n) is 8.38. The number of amides is 1. The zero-order valence-electron chi connectivity index (χ0n) is 14.6. The van der Waals surface area contributed by atoms with Crippen molar-refractivity contribution in [2.45, 2.75) is 38.1 Å². The lowest BCUT2D eigenvalue weighted by atomic mass is 9.94. The van der Waals surface area contributed by atoms with Crippen molar-refractivity contribution >= 4 is 34.0 Å². The number of hydrogen-bond donors (Lipinski definition) is 2. The average Bonchev–Trinajstić information content (AvgIpc) is 3.38. The van der Waals surface area contributed by atoms with Crippen molar-refractivity contribution in [2.75, 3.05) is 23.7 Å². The third-order valence-corrected chi connectivity index (χ3v) is 6.30. The van der Waals surface area contributed by atoms with E-state index in [4.69, 9.17) is 5.73 Å². The molecule has 25 heavy (non-hydrogen) atoms. The minimum atomic E-state index is -3.29. The number of carbonyl (C=O) groups is 1. The van der Waals surface area contributed by atoms with Gasteiger partial charge in [-0.15, -0.1) is 12.4 Å². The minimum absolute atomic E-state index is 0. The van der Waals surface area contributed by atoms with Gasteiger partial charge in [-0.2, -0.15) is 0 Å². The summed E-state index contributed by atoms with van der Waals surface area (Å²) in [5, 5.41) is 3.07. The lowest BCUT2D eigenvalue weighted by Gasteiger charge is -2.31. The Balaban J connectivity index is 0.00000225. The second kappa shape index (κ2) is 7.13. The quantitative estimate of drug-likeness (QED) is 0.803. The van der Waals surface area contributed by atoms with E-state index in [2.05, 4.69) is 5.32 Å². The second-order valence-corrected chi connectivity index (χ2v) is 9.04. The molecule has 8 heteroatoms. The highest BCUT2D eigenvalue weighted by Gasteiger charge is 2.41. The van der Waals surface area contributed by atoms with Gasteiger partial charge in [0.15, 0.2) is 0 Å². The number of benzene rings is 1. The van der Waals surface area contributed by atoms with Crippen molar-refractivity contribution in [1.82, 2.24) is 5.32 Å². The lowest BCUT2D eigenvalue weighted by molar-refractivity contribution is 0.0897. The van der Waals surface area contributed by atoms with Gasteiger partial charge < -0.3 is 11.1 Å². The van der Waals surface area contributed by atoms with Gasteiger partial charge in [0.1, 0.15) is 0 Å². The number of aryl methyl sites for hydroxylation is 1. The van der Waals surface area contributed by atoms with Crippen LogP contribution in [0.15, 0.2) is 18.2 Å². The van der Waals surface area contributed by atoms with E-state index in [1.807, 2.05) is 13.0 Å². The van der Waals surface area contributed by atoms with Crippen molar-refractivity contribution in [2.24, 2.45) is 11.7 Å². The van der Waals surface area contributed by atoms with E-state index >= 15 is 0 Å². The first kappa shape index (κ1) is 20.0. The van der Waals surface area contributed by atoms with Crippen LogP contribution in [0.1, 0.15) is 42.1 Å². The first-order valence-corrected chi connectivity index (χ1v) is 10.2. The minimum Gasteiger partial charge on any atom is -0.345 e. The predicted octanol–water partition coefficient (Wildman–Crippen LogP) is 1.68. The zero-order valence-corrected chi connectivity index (χ0v) is 16.3. The molecular weight excluding hydrogens is 362 g/mol. The Morgan fingerprint density at radius 1 is 1.40 bits per heavy atom. The van der Waals surface area contributed by atoms with Crippen LogP contribution in [0.25, 0.3) is 0 Å². The molecule has 0 radical (unpaired) electrons. The number of rotatable bonds is 5. The molecule has 1 fully saturated rings. The SMILES string of the molecule is CC(CN)(NC(=O)c1ccc2c(c1)CCCN2S(C)(=O)=O)C1CC1.Cl. The topological polar surface area (TPSA) is 92.5 Å². The number of anilines is 1. The molecule has 1 saturated carbocycles. The Bertz CT molecular complexity index is 764. The van der Waals surface area contributed by atoms with Crippen LogP contribution >= 0.6 is 12.4 Å². The summed E-state index contributed by atoms with van der Waals surface area (Å²) in [5.41, 5.74) is 7.64. The van der Waals surface area contributed by atoms with Crippen molar-refractivity contribution in [1.29, 1.82) is 0 Å². The van der Waals surface area contributed by atoms with E-state index in [1.54, 1.807) is 12.1 Å². The van der Waals surface area contributed by atoms with E-state index in [1.165, 1.54) is 10.6 Å². The van der Waals surface area contributed by atoms with Gasteiger partial charge in [-0.05, 0) is 62.3 Å². The van der Waals surface area contributed by atoms with Crippen LogP contribution in [0.3, 0.4) is 0 Å². The Hall–Kier alpha value is -1.31. The highest BCUT2D eigenvalue weighted by molar-refractivity contribution is 7.92. The molecule has 0 spiro atoms. The number of fused-ring (bicyclic) bond motifs is 1. The summed E-state index contributed by atoms with van der Waals surface area (Å²) in [6, 6.07) is 5.24. The standard InChI is InChI=1S/C17H25N3O3S.ClH/c1-17(11-18,14-6-7-14)19-16(21)13-5-8-15-12(10-13)4-3-9-20(15)24(2,22)23;/h5,8,10,14H,3-4,6-7,9,11,18H2,1-2H3,(H,19,21);1H. The van der Waals surface area contributed by atoms with Crippen molar-refractivity contribution in [3.8, 4) is 0 Å². The number of sulfonamides is 1. The smallest absolute Gasteiger partial charge is 0.251 e. The Morgan fingerprint density at radius 3 is 2.64 bits per heavy atom. The highest BCUT2D eigenvalue weighted by Crippen LogP contribution is 2.39. The maximum Gasteiger partial charge on any atom is 0.251 e. The molecule has 0 bridgehead atoms. The van der Waals surface area contributed by atoms with E-state index in [0.717, 1.165) is 31.2 Å². The largest absolute Gasteiger partial charge is 0.345 e. The molecular formula is C17H26ClN3O3S. The van der Waals surface area contributed by atoms with Crippen LogP contribution in [-0.4, -0.2) is 39.2 Å². The molecule has 0 aromatic heterocycles. The van der Waals surface area contributed by atoms with E-state index < -0.39 is 10.0 Å². The molecule has 1 aromatic rings. The molecule has 2 aliphatic rings. The Kier molecular flexibility index (Phi) is 5.71. The summed E-state index contributed by atoms with van der Waals surface area (Å²) in [6.07, 6.45) is 4.95. The number of carbonyl (C=O) groups excluding carboxylic acids is 1. The molecule has 1 amide bonds.